The largest absolute Gasteiger partial charge is 0.460 e. The van der Waals surface area contributed by atoms with Gasteiger partial charge in [0.25, 0.3) is 0 Å². The Balaban J connectivity index is 1.86. The van der Waals surface area contributed by atoms with Crippen LogP contribution in [0.3, 0.4) is 0 Å². The average Bonchev–Trinajstić information content (AvgIpc) is 2.75. The van der Waals surface area contributed by atoms with Crippen LogP contribution in [0.4, 0.5) is 10.5 Å². The van der Waals surface area contributed by atoms with E-state index in [1.807, 2.05) is 13.0 Å². The molecule has 98 valence electrons. The Morgan fingerprint density at radius 2 is 2.21 bits per heavy atom. The normalized spacial score (nSPS) is 10.6. The molecular weight excluding hydrogens is 266 g/mol. The third kappa shape index (κ3) is 4.15. The van der Waals surface area contributed by atoms with Gasteiger partial charge in [0.1, 0.15) is 11.5 Å². The second kappa shape index (κ2) is 6.06. The lowest BCUT2D eigenvalue weighted by Gasteiger charge is -2.03. The minimum Gasteiger partial charge on any atom is -0.460 e. The monoisotopic (exact) mass is 277 g/mol. The van der Waals surface area contributed by atoms with Crippen molar-refractivity contribution in [3.8, 4) is 0 Å². The van der Waals surface area contributed by atoms with Crippen molar-refractivity contribution >= 4 is 29.5 Å². The predicted molar refractivity (Wildman–Crippen MR) is 74.6 cm³/mol. The number of hydrazone groups is 1. The molecule has 0 aliphatic carbocycles. The van der Waals surface area contributed by atoms with Crippen molar-refractivity contribution in [2.75, 3.05) is 5.32 Å². The van der Waals surface area contributed by atoms with Crippen molar-refractivity contribution in [2.24, 2.45) is 5.10 Å². The number of furan rings is 1. The Bertz CT molecular complexity index is 607. The minimum atomic E-state index is -0.457. The number of nitrogens with zero attached hydrogens (tertiary/aromatic N) is 1. The third-order valence-electron chi connectivity index (χ3n) is 2.20. The SMILES string of the molecule is Cc1ccc(/C=N\NC(=O)Nc2cccc(Cl)c2)o1. The predicted octanol–water partition coefficient (Wildman–Crippen LogP) is 3.40. The summed E-state index contributed by atoms with van der Waals surface area (Å²) in [6.07, 6.45) is 1.42. The highest BCUT2D eigenvalue weighted by Gasteiger charge is 2.00. The van der Waals surface area contributed by atoms with Gasteiger partial charge in [0.2, 0.25) is 0 Å². The Hall–Kier alpha value is -2.27. The van der Waals surface area contributed by atoms with Crippen LogP contribution < -0.4 is 10.7 Å². The van der Waals surface area contributed by atoms with Gasteiger partial charge < -0.3 is 9.73 Å². The van der Waals surface area contributed by atoms with Gasteiger partial charge >= 0.3 is 6.03 Å². The van der Waals surface area contributed by atoms with Crippen LogP contribution in [0.1, 0.15) is 11.5 Å². The average molecular weight is 278 g/mol. The van der Waals surface area contributed by atoms with Gasteiger partial charge in [-0.25, -0.2) is 10.2 Å². The van der Waals surface area contributed by atoms with Gasteiger partial charge in [-0.1, -0.05) is 17.7 Å². The number of anilines is 1. The maximum Gasteiger partial charge on any atom is 0.339 e. The van der Waals surface area contributed by atoms with Crippen molar-refractivity contribution in [3.63, 3.8) is 0 Å². The minimum absolute atomic E-state index is 0.457. The standard InChI is InChI=1S/C13H12ClN3O2/c1-9-5-6-12(19-9)8-15-17-13(18)16-11-4-2-3-10(14)7-11/h2-8H,1H3,(H2,16,17,18)/b15-8-. The van der Waals surface area contributed by atoms with Gasteiger partial charge in [-0.2, -0.15) is 5.10 Å². The quantitative estimate of drug-likeness (QED) is 0.667. The van der Waals surface area contributed by atoms with Crippen LogP contribution in [0.15, 0.2) is 45.9 Å². The molecular formula is C13H12ClN3O2. The van der Waals surface area contributed by atoms with E-state index in [1.165, 1.54) is 6.21 Å². The molecule has 2 aromatic rings. The Kier molecular flexibility index (Phi) is 4.20. The summed E-state index contributed by atoms with van der Waals surface area (Å²) in [5.74, 6) is 1.35. The Morgan fingerprint density at radius 3 is 2.89 bits per heavy atom. The van der Waals surface area contributed by atoms with Crippen LogP contribution in [0.5, 0.6) is 0 Å². The number of halogens is 1. The fraction of sp³-hybridized carbons (Fsp3) is 0.0769. The van der Waals surface area contributed by atoms with Gasteiger partial charge in [0.15, 0.2) is 0 Å². The van der Waals surface area contributed by atoms with Crippen molar-refractivity contribution in [3.05, 3.63) is 52.9 Å². The smallest absolute Gasteiger partial charge is 0.339 e. The van der Waals surface area contributed by atoms with Crippen LogP contribution in [-0.4, -0.2) is 12.2 Å². The first-order chi connectivity index (χ1) is 9.13. The molecule has 0 unspecified atom stereocenters. The van der Waals surface area contributed by atoms with Gasteiger partial charge in [-0.05, 0) is 37.3 Å². The molecule has 2 N–H and O–H groups in total. The summed E-state index contributed by atoms with van der Waals surface area (Å²) in [5, 5.41) is 6.90. The molecule has 0 bridgehead atoms. The van der Waals surface area contributed by atoms with Crippen LogP contribution in [-0.2, 0) is 0 Å². The van der Waals surface area contributed by atoms with Gasteiger partial charge in [-0.3, -0.25) is 0 Å². The first-order valence-electron chi connectivity index (χ1n) is 5.55. The summed E-state index contributed by atoms with van der Waals surface area (Å²) < 4.78 is 5.26. The topological polar surface area (TPSA) is 66.6 Å². The second-order valence-electron chi connectivity index (χ2n) is 3.78. The number of rotatable bonds is 3. The number of benzene rings is 1. The van der Waals surface area contributed by atoms with E-state index in [0.717, 1.165) is 5.76 Å². The number of hydrogen-bond donors (Lipinski definition) is 2. The first kappa shape index (κ1) is 13.2. The molecule has 1 aromatic heterocycles. The number of aryl methyl sites for hydroxylation is 1. The summed E-state index contributed by atoms with van der Waals surface area (Å²) in [5.41, 5.74) is 2.92. The van der Waals surface area contributed by atoms with E-state index in [-0.39, 0.29) is 0 Å². The number of carbonyl (C=O) groups excluding carboxylic acids is 1. The molecule has 0 aliphatic heterocycles. The molecule has 1 aromatic carbocycles. The molecule has 0 atom stereocenters. The Morgan fingerprint density at radius 1 is 1.37 bits per heavy atom. The molecule has 5 nitrogen and oxygen atoms in total. The summed E-state index contributed by atoms with van der Waals surface area (Å²) >= 11 is 5.80. The number of urea groups is 1. The van der Waals surface area contributed by atoms with Gasteiger partial charge in [0.05, 0.1) is 6.21 Å². The van der Waals surface area contributed by atoms with Crippen LogP contribution in [0.25, 0.3) is 0 Å². The van der Waals surface area contributed by atoms with Crippen molar-refractivity contribution in [2.45, 2.75) is 6.92 Å². The second-order valence-corrected chi connectivity index (χ2v) is 4.22. The van der Waals surface area contributed by atoms with E-state index >= 15 is 0 Å². The van der Waals surface area contributed by atoms with E-state index in [4.69, 9.17) is 16.0 Å². The lowest BCUT2D eigenvalue weighted by atomic mass is 10.3. The molecule has 0 aliphatic rings. The van der Waals surface area contributed by atoms with Gasteiger partial charge in [-0.15, -0.1) is 0 Å². The maximum absolute atomic E-state index is 11.5. The van der Waals surface area contributed by atoms with E-state index in [2.05, 4.69) is 15.8 Å². The van der Waals surface area contributed by atoms with Crippen LogP contribution >= 0.6 is 11.6 Å². The van der Waals surface area contributed by atoms with Crippen molar-refractivity contribution in [1.82, 2.24) is 5.43 Å². The van der Waals surface area contributed by atoms with Crippen LogP contribution in [0, 0.1) is 6.92 Å². The zero-order chi connectivity index (χ0) is 13.7. The lowest BCUT2D eigenvalue weighted by molar-refractivity contribution is 0.252. The first-order valence-corrected chi connectivity index (χ1v) is 5.93. The number of carbonyl (C=O) groups is 1. The molecule has 2 amide bonds. The fourth-order valence-corrected chi connectivity index (χ4v) is 1.59. The summed E-state index contributed by atoms with van der Waals surface area (Å²) in [6.45, 7) is 1.83. The molecule has 19 heavy (non-hydrogen) atoms. The fourth-order valence-electron chi connectivity index (χ4n) is 1.40. The highest BCUT2D eigenvalue weighted by atomic mass is 35.5. The number of amides is 2. The molecule has 0 saturated carbocycles. The molecule has 0 fully saturated rings. The highest BCUT2D eigenvalue weighted by molar-refractivity contribution is 6.30. The Labute approximate surface area is 115 Å². The molecule has 6 heteroatoms. The third-order valence-corrected chi connectivity index (χ3v) is 2.44. The van der Waals surface area contributed by atoms with Crippen LogP contribution in [0.2, 0.25) is 5.02 Å². The molecule has 1 heterocycles. The van der Waals surface area contributed by atoms with E-state index < -0.39 is 6.03 Å². The molecule has 0 radical (unpaired) electrons. The lowest BCUT2D eigenvalue weighted by Crippen LogP contribution is -2.24. The number of nitrogens with one attached hydrogen (secondary N) is 2. The molecule has 0 spiro atoms. The van der Waals surface area contributed by atoms with Gasteiger partial charge in [0, 0.05) is 10.7 Å². The summed E-state index contributed by atoms with van der Waals surface area (Å²) in [6, 6.07) is 9.95. The molecule has 0 saturated heterocycles. The molecule has 2 rings (SSSR count). The summed E-state index contributed by atoms with van der Waals surface area (Å²) in [4.78, 5) is 11.5. The van der Waals surface area contributed by atoms with E-state index in [1.54, 1.807) is 30.3 Å². The van der Waals surface area contributed by atoms with E-state index in [9.17, 15) is 4.79 Å². The van der Waals surface area contributed by atoms with E-state index in [0.29, 0.717) is 16.5 Å². The zero-order valence-electron chi connectivity index (χ0n) is 10.2. The highest BCUT2D eigenvalue weighted by Crippen LogP contribution is 2.14. The van der Waals surface area contributed by atoms with Crippen molar-refractivity contribution in [1.29, 1.82) is 0 Å². The zero-order valence-corrected chi connectivity index (χ0v) is 10.9. The maximum atomic E-state index is 11.5. The number of hydrogen-bond acceptors (Lipinski definition) is 3. The summed E-state index contributed by atoms with van der Waals surface area (Å²) in [7, 11) is 0. The van der Waals surface area contributed by atoms with Crippen molar-refractivity contribution < 1.29 is 9.21 Å².